The van der Waals surface area contributed by atoms with Gasteiger partial charge in [0, 0.05) is 16.6 Å². The van der Waals surface area contributed by atoms with Crippen molar-refractivity contribution in [2.75, 3.05) is 5.32 Å². The van der Waals surface area contributed by atoms with Crippen LogP contribution >= 0.6 is 11.6 Å². The molecular weight excluding hydrogens is 404 g/mol. The number of para-hydroxylation sites is 1. The fourth-order valence-electron chi connectivity index (χ4n) is 3.27. The Morgan fingerprint density at radius 3 is 2.40 bits per heavy atom. The number of hydrogen-bond donors (Lipinski definition) is 3. The minimum atomic E-state index is -0.958. The van der Waals surface area contributed by atoms with Crippen LogP contribution in [0.25, 0.3) is 0 Å². The number of rotatable bonds is 5. The maximum atomic E-state index is 12.6. The van der Waals surface area contributed by atoms with Gasteiger partial charge in [0.1, 0.15) is 0 Å². The van der Waals surface area contributed by atoms with Crippen molar-refractivity contribution in [3.8, 4) is 0 Å². The molecule has 0 aliphatic heterocycles. The van der Waals surface area contributed by atoms with Crippen LogP contribution in [-0.4, -0.2) is 30.0 Å². The van der Waals surface area contributed by atoms with Crippen LogP contribution in [0.3, 0.4) is 0 Å². The average molecular weight is 427 g/mol. The fraction of sp³-hybridized carbons (Fsp3) is 0.273. The molecule has 0 radical (unpaired) electrons. The highest BCUT2D eigenvalue weighted by Gasteiger charge is 2.20. The van der Waals surface area contributed by atoms with E-state index in [4.69, 9.17) is 11.6 Å². The first-order chi connectivity index (χ1) is 14.5. The largest absolute Gasteiger partial charge is 0.349 e. The molecule has 1 saturated carbocycles. The van der Waals surface area contributed by atoms with Crippen LogP contribution in [0.1, 0.15) is 48.0 Å². The Hall–Kier alpha value is -3.19. The number of nitrogens with zero attached hydrogens (tertiary/aromatic N) is 1. The summed E-state index contributed by atoms with van der Waals surface area (Å²) in [6, 6.07) is 13.7. The lowest BCUT2D eigenvalue weighted by Crippen LogP contribution is -2.37. The molecule has 2 aromatic rings. The summed E-state index contributed by atoms with van der Waals surface area (Å²) in [5, 5.41) is 9.71. The van der Waals surface area contributed by atoms with E-state index in [9.17, 15) is 14.4 Å². The predicted molar refractivity (Wildman–Crippen MR) is 117 cm³/mol. The Kier molecular flexibility index (Phi) is 7.57. The molecule has 156 valence electrons. The van der Waals surface area contributed by atoms with E-state index in [0.29, 0.717) is 16.1 Å². The number of anilines is 1. The molecule has 0 bridgehead atoms. The molecule has 3 rings (SSSR count). The number of amides is 3. The highest BCUT2D eigenvalue weighted by atomic mass is 35.5. The first-order valence-electron chi connectivity index (χ1n) is 9.83. The first-order valence-corrected chi connectivity index (χ1v) is 10.2. The molecule has 0 aromatic heterocycles. The molecular formula is C22H23ClN4O3. The Morgan fingerprint density at radius 2 is 1.63 bits per heavy atom. The van der Waals surface area contributed by atoms with E-state index in [0.717, 1.165) is 25.7 Å². The number of hydrogen-bond acceptors (Lipinski definition) is 4. The molecule has 7 nitrogen and oxygen atoms in total. The van der Waals surface area contributed by atoms with Crippen LogP contribution in [0.15, 0.2) is 53.6 Å². The zero-order valence-electron chi connectivity index (χ0n) is 16.4. The van der Waals surface area contributed by atoms with E-state index in [1.54, 1.807) is 48.5 Å². The van der Waals surface area contributed by atoms with Crippen molar-refractivity contribution in [1.82, 2.24) is 10.7 Å². The van der Waals surface area contributed by atoms with Gasteiger partial charge in [0.15, 0.2) is 0 Å². The Labute approximate surface area is 179 Å². The summed E-state index contributed by atoms with van der Waals surface area (Å²) >= 11 is 6.01. The number of halogens is 1. The molecule has 1 aliphatic rings. The van der Waals surface area contributed by atoms with Crippen LogP contribution < -0.4 is 16.1 Å². The van der Waals surface area contributed by atoms with E-state index in [1.165, 1.54) is 12.6 Å². The number of carbonyl (C=O) groups excluding carboxylic acids is 3. The van der Waals surface area contributed by atoms with Crippen LogP contribution in [0.5, 0.6) is 0 Å². The predicted octanol–water partition coefficient (Wildman–Crippen LogP) is 3.49. The first kappa shape index (κ1) is 21.5. The van der Waals surface area contributed by atoms with E-state index in [2.05, 4.69) is 21.2 Å². The van der Waals surface area contributed by atoms with Gasteiger partial charge >= 0.3 is 11.8 Å². The summed E-state index contributed by atoms with van der Waals surface area (Å²) in [5.41, 5.74) is 3.33. The molecule has 1 fully saturated rings. The second-order valence-electron chi connectivity index (χ2n) is 7.03. The summed E-state index contributed by atoms with van der Waals surface area (Å²) in [5.74, 6) is -2.15. The summed E-state index contributed by atoms with van der Waals surface area (Å²) in [6.45, 7) is 0. The fourth-order valence-corrected chi connectivity index (χ4v) is 3.45. The number of carbonyl (C=O) groups is 3. The van der Waals surface area contributed by atoms with Crippen molar-refractivity contribution >= 4 is 41.2 Å². The molecule has 30 heavy (non-hydrogen) atoms. The number of nitrogens with one attached hydrogen (secondary N) is 3. The van der Waals surface area contributed by atoms with Crippen LogP contribution in [-0.2, 0) is 9.59 Å². The summed E-state index contributed by atoms with van der Waals surface area (Å²) in [4.78, 5) is 36.9. The second-order valence-corrected chi connectivity index (χ2v) is 7.44. The maximum Gasteiger partial charge on any atom is 0.329 e. The van der Waals surface area contributed by atoms with Gasteiger partial charge in [0.05, 0.1) is 17.5 Å². The van der Waals surface area contributed by atoms with Gasteiger partial charge in [-0.05, 0) is 31.0 Å². The third-order valence-corrected chi connectivity index (χ3v) is 5.19. The topological polar surface area (TPSA) is 99.7 Å². The number of benzene rings is 2. The lowest BCUT2D eigenvalue weighted by molar-refractivity contribution is -0.136. The van der Waals surface area contributed by atoms with Gasteiger partial charge in [-0.15, -0.1) is 0 Å². The van der Waals surface area contributed by atoms with Crippen molar-refractivity contribution in [3.05, 3.63) is 64.7 Å². The van der Waals surface area contributed by atoms with Crippen molar-refractivity contribution in [2.24, 2.45) is 5.10 Å². The summed E-state index contributed by atoms with van der Waals surface area (Å²) < 4.78 is 0. The normalized spacial score (nSPS) is 14.3. The summed E-state index contributed by atoms with van der Waals surface area (Å²) in [6.07, 6.45) is 6.63. The standard InChI is InChI=1S/C22H23ClN4O3/c23-18-12-6-4-8-15(18)14-24-27-22(30)21(29)26-19-13-7-5-11-17(19)20(28)25-16-9-2-1-3-10-16/h4-8,11-14,16H,1-3,9-10H2,(H,25,28)(H,26,29)(H,27,30)/b24-14-. The third kappa shape index (κ3) is 5.90. The molecule has 0 saturated heterocycles. The van der Waals surface area contributed by atoms with Gasteiger partial charge in [-0.25, -0.2) is 5.43 Å². The van der Waals surface area contributed by atoms with Crippen LogP contribution in [0.2, 0.25) is 5.02 Å². The molecule has 0 unspecified atom stereocenters. The van der Waals surface area contributed by atoms with E-state index in [-0.39, 0.29) is 17.6 Å². The molecule has 3 amide bonds. The van der Waals surface area contributed by atoms with Crippen LogP contribution in [0.4, 0.5) is 5.69 Å². The zero-order valence-corrected chi connectivity index (χ0v) is 17.1. The van der Waals surface area contributed by atoms with Gasteiger partial charge < -0.3 is 10.6 Å². The van der Waals surface area contributed by atoms with E-state index >= 15 is 0 Å². The highest BCUT2D eigenvalue weighted by Crippen LogP contribution is 2.20. The monoisotopic (exact) mass is 426 g/mol. The molecule has 2 aromatic carbocycles. The maximum absolute atomic E-state index is 12.6. The average Bonchev–Trinajstić information content (AvgIpc) is 2.76. The minimum Gasteiger partial charge on any atom is -0.349 e. The summed E-state index contributed by atoms with van der Waals surface area (Å²) in [7, 11) is 0. The van der Waals surface area contributed by atoms with Crippen LogP contribution in [0, 0.1) is 0 Å². The van der Waals surface area contributed by atoms with Crippen molar-refractivity contribution < 1.29 is 14.4 Å². The third-order valence-electron chi connectivity index (χ3n) is 4.84. The SMILES string of the molecule is O=C(N/N=C\c1ccccc1Cl)C(=O)Nc1ccccc1C(=O)NC1CCCCC1. The van der Waals surface area contributed by atoms with E-state index in [1.807, 2.05) is 0 Å². The van der Waals surface area contributed by atoms with Crippen molar-refractivity contribution in [3.63, 3.8) is 0 Å². The minimum absolute atomic E-state index is 0.137. The van der Waals surface area contributed by atoms with Gasteiger partial charge in [0.2, 0.25) is 0 Å². The second kappa shape index (κ2) is 10.5. The van der Waals surface area contributed by atoms with Gasteiger partial charge in [0.25, 0.3) is 5.91 Å². The lowest BCUT2D eigenvalue weighted by atomic mass is 9.95. The quantitative estimate of drug-likeness (QED) is 0.387. The molecule has 0 atom stereocenters. The van der Waals surface area contributed by atoms with Gasteiger partial charge in [-0.3, -0.25) is 14.4 Å². The van der Waals surface area contributed by atoms with Gasteiger partial charge in [-0.1, -0.05) is 61.2 Å². The molecule has 3 N–H and O–H groups in total. The number of hydrazone groups is 1. The molecule has 1 aliphatic carbocycles. The Balaban J connectivity index is 1.60. The Bertz CT molecular complexity index is 955. The van der Waals surface area contributed by atoms with Gasteiger partial charge in [-0.2, -0.15) is 5.10 Å². The highest BCUT2D eigenvalue weighted by molar-refractivity contribution is 6.40. The smallest absolute Gasteiger partial charge is 0.329 e. The zero-order chi connectivity index (χ0) is 21.3. The Morgan fingerprint density at radius 1 is 0.933 bits per heavy atom. The molecule has 0 heterocycles. The van der Waals surface area contributed by atoms with Crippen molar-refractivity contribution in [2.45, 2.75) is 38.1 Å². The van der Waals surface area contributed by atoms with E-state index < -0.39 is 11.8 Å². The molecule has 8 heteroatoms. The molecule has 0 spiro atoms. The lowest BCUT2D eigenvalue weighted by Gasteiger charge is -2.23. The van der Waals surface area contributed by atoms with Crippen molar-refractivity contribution in [1.29, 1.82) is 0 Å².